The molecule has 3 aromatic carbocycles. The van der Waals surface area contributed by atoms with Crippen molar-refractivity contribution in [2.75, 3.05) is 21.3 Å². The van der Waals surface area contributed by atoms with Gasteiger partial charge in [-0.15, -0.1) is 0 Å². The summed E-state index contributed by atoms with van der Waals surface area (Å²) in [6.07, 6.45) is 3.51. The fourth-order valence-corrected chi connectivity index (χ4v) is 7.10. The highest BCUT2D eigenvalue weighted by Crippen LogP contribution is 2.46. The van der Waals surface area contributed by atoms with Crippen LogP contribution < -0.4 is 19.8 Å². The maximum Gasteiger partial charge on any atom is 0.339 e. The number of para-hydroxylation sites is 1. The number of hydrogen-bond donors (Lipinski definition) is 0. The topological polar surface area (TPSA) is 97.1 Å². The number of ether oxygens (including phenoxy) is 4. The lowest BCUT2D eigenvalue weighted by atomic mass is 9.69. The van der Waals surface area contributed by atoms with Crippen molar-refractivity contribution in [3.8, 4) is 17.2 Å². The summed E-state index contributed by atoms with van der Waals surface area (Å²) in [4.78, 5) is 32.2. The molecule has 0 radical (unpaired) electrons. The summed E-state index contributed by atoms with van der Waals surface area (Å²) in [7, 11) is 4.78. The molecule has 8 nitrogen and oxygen atoms in total. The van der Waals surface area contributed by atoms with E-state index in [0.717, 1.165) is 50.7 Å². The largest absolute Gasteiger partial charge is 0.493 e. The molecule has 0 fully saturated rings. The van der Waals surface area contributed by atoms with Crippen molar-refractivity contribution < 1.29 is 28.2 Å². The van der Waals surface area contributed by atoms with E-state index in [-0.39, 0.29) is 23.9 Å². The van der Waals surface area contributed by atoms with Gasteiger partial charge in [0.2, 0.25) is 5.75 Å². The molecule has 1 aliphatic carbocycles. The Kier molecular flexibility index (Phi) is 9.49. The second-order valence-electron chi connectivity index (χ2n) is 14.5. The van der Waals surface area contributed by atoms with E-state index >= 15 is 0 Å². The maximum absolute atomic E-state index is 14.4. The molecule has 2 aromatic heterocycles. The van der Waals surface area contributed by atoms with E-state index in [1.54, 1.807) is 21.3 Å². The van der Waals surface area contributed by atoms with Gasteiger partial charge in [0.1, 0.15) is 12.2 Å². The number of aryl methyl sites for hydroxylation is 1. The van der Waals surface area contributed by atoms with Crippen LogP contribution in [-0.2, 0) is 17.8 Å². The third-order valence-corrected chi connectivity index (χ3v) is 9.87. The van der Waals surface area contributed by atoms with Crippen LogP contribution >= 0.6 is 0 Å². The summed E-state index contributed by atoms with van der Waals surface area (Å²) in [5.74, 6) is 1.64. The average Bonchev–Trinajstić information content (AvgIpc) is 3.07. The molecule has 0 saturated carbocycles. The number of allylic oxidation sites excluding steroid dienone is 1. The monoisotopic (exact) mass is 675 g/mol. The normalized spacial score (nSPS) is 15.4. The van der Waals surface area contributed by atoms with Gasteiger partial charge in [-0.3, -0.25) is 0 Å². The molecule has 0 bridgehead atoms. The van der Waals surface area contributed by atoms with Crippen LogP contribution in [0.3, 0.4) is 0 Å². The quantitative estimate of drug-likeness (QED) is 0.119. The molecule has 0 spiro atoms. The van der Waals surface area contributed by atoms with Gasteiger partial charge in [0.05, 0.1) is 38.1 Å². The zero-order chi connectivity index (χ0) is 35.9. The van der Waals surface area contributed by atoms with Crippen molar-refractivity contribution in [1.82, 2.24) is 4.98 Å². The minimum Gasteiger partial charge on any atom is -0.493 e. The number of benzene rings is 3. The Morgan fingerprint density at radius 2 is 1.66 bits per heavy atom. The molecule has 0 unspecified atom stereocenters. The van der Waals surface area contributed by atoms with Crippen LogP contribution in [0.2, 0.25) is 0 Å². The second-order valence-corrected chi connectivity index (χ2v) is 14.5. The molecule has 50 heavy (non-hydrogen) atoms. The summed E-state index contributed by atoms with van der Waals surface area (Å²) in [6, 6.07) is 16.9. The first kappa shape index (κ1) is 34.7. The lowest BCUT2D eigenvalue weighted by molar-refractivity contribution is 0.0473. The molecule has 1 aliphatic rings. The van der Waals surface area contributed by atoms with Crippen LogP contribution in [0.15, 0.2) is 63.8 Å². The number of aromatic nitrogens is 1. The molecule has 0 amide bonds. The van der Waals surface area contributed by atoms with Crippen LogP contribution in [0.1, 0.15) is 90.8 Å². The van der Waals surface area contributed by atoms with Crippen LogP contribution in [0.5, 0.6) is 17.2 Å². The minimum absolute atomic E-state index is 0.0673. The predicted molar refractivity (Wildman–Crippen MR) is 197 cm³/mol. The van der Waals surface area contributed by atoms with Gasteiger partial charge in [0.15, 0.2) is 11.5 Å². The molecule has 0 aliphatic heterocycles. The Bertz CT molecular complexity index is 2180. The SMILES string of the molecule is COc1cc(/C=C2\C[C@@H](C(C)(C)C)Cc3c2nc2ccccc2c3C(=O)OCc2cc(=O)oc3cc(C)c(C(C)C)cc23)cc(OC)c1OC. The molecule has 5 aromatic rings. The Labute approximate surface area is 293 Å². The van der Waals surface area contributed by atoms with Gasteiger partial charge in [-0.05, 0) is 101 Å². The molecule has 0 saturated heterocycles. The lowest BCUT2D eigenvalue weighted by Gasteiger charge is -2.36. The fourth-order valence-electron chi connectivity index (χ4n) is 7.10. The first-order chi connectivity index (χ1) is 23.8. The molecule has 260 valence electrons. The minimum atomic E-state index is -0.485. The third kappa shape index (κ3) is 6.59. The highest BCUT2D eigenvalue weighted by Gasteiger charge is 2.35. The van der Waals surface area contributed by atoms with Crippen LogP contribution in [0.4, 0.5) is 0 Å². The Morgan fingerprint density at radius 1 is 0.960 bits per heavy atom. The van der Waals surface area contributed by atoms with E-state index in [1.807, 2.05) is 55.5 Å². The van der Waals surface area contributed by atoms with E-state index in [9.17, 15) is 9.59 Å². The standard InChI is InChI=1S/C42H45NO7/c1-23(2)30-21-31-27(19-37(44)50-34(31)14-24(30)3)22-49-41(45)38-29-12-10-11-13-33(29)43-39-26(18-28(20-32(38)39)42(4,5)6)15-25-16-35(46-7)40(48-9)36(17-25)47-8/h10-17,19,21,23,28H,18,20,22H2,1-9H3/b26-15+/t28-/m1/s1. The third-order valence-electron chi connectivity index (χ3n) is 9.87. The Hall–Kier alpha value is -5.11. The summed E-state index contributed by atoms with van der Waals surface area (Å²) in [6.45, 7) is 12.9. The molecular weight excluding hydrogens is 630 g/mol. The zero-order valence-electron chi connectivity index (χ0n) is 30.4. The number of pyridine rings is 1. The number of esters is 1. The number of rotatable bonds is 8. The van der Waals surface area contributed by atoms with Gasteiger partial charge in [0, 0.05) is 22.4 Å². The van der Waals surface area contributed by atoms with Crippen LogP contribution in [-0.4, -0.2) is 32.3 Å². The van der Waals surface area contributed by atoms with E-state index in [0.29, 0.717) is 45.9 Å². The number of carbonyl (C=O) groups excluding carboxylic acids is 1. The van der Waals surface area contributed by atoms with Crippen LogP contribution in [0, 0.1) is 18.3 Å². The summed E-state index contributed by atoms with van der Waals surface area (Å²) in [5, 5.41) is 1.49. The maximum atomic E-state index is 14.4. The summed E-state index contributed by atoms with van der Waals surface area (Å²) < 4.78 is 28.5. The second kappa shape index (κ2) is 13.7. The van der Waals surface area contributed by atoms with E-state index in [2.05, 4.69) is 40.7 Å². The average molecular weight is 676 g/mol. The van der Waals surface area contributed by atoms with Crippen molar-refractivity contribution in [3.05, 3.63) is 104 Å². The highest BCUT2D eigenvalue weighted by atomic mass is 16.5. The van der Waals surface area contributed by atoms with Crippen molar-refractivity contribution in [2.45, 2.75) is 66.9 Å². The van der Waals surface area contributed by atoms with Gasteiger partial charge in [-0.25, -0.2) is 14.6 Å². The van der Waals surface area contributed by atoms with Crippen molar-refractivity contribution in [1.29, 1.82) is 0 Å². The molecule has 0 N–H and O–H groups in total. The van der Waals surface area contributed by atoms with E-state index in [4.69, 9.17) is 28.3 Å². The number of hydrogen-bond acceptors (Lipinski definition) is 8. The lowest BCUT2D eigenvalue weighted by Crippen LogP contribution is -2.28. The highest BCUT2D eigenvalue weighted by molar-refractivity contribution is 6.07. The smallest absolute Gasteiger partial charge is 0.339 e. The summed E-state index contributed by atoms with van der Waals surface area (Å²) >= 11 is 0. The number of methoxy groups -OCH3 is 3. The molecule has 8 heteroatoms. The van der Waals surface area contributed by atoms with Gasteiger partial charge in [-0.1, -0.05) is 52.8 Å². The first-order valence-corrected chi connectivity index (χ1v) is 17.0. The molecule has 1 atom stereocenters. The zero-order valence-corrected chi connectivity index (χ0v) is 30.4. The van der Waals surface area contributed by atoms with Crippen LogP contribution in [0.25, 0.3) is 33.5 Å². The van der Waals surface area contributed by atoms with E-state index in [1.165, 1.54) is 6.07 Å². The Balaban J connectivity index is 1.49. The van der Waals surface area contributed by atoms with Crippen molar-refractivity contribution in [3.63, 3.8) is 0 Å². The predicted octanol–water partition coefficient (Wildman–Crippen LogP) is 9.30. The number of fused-ring (bicyclic) bond motifs is 3. The number of carbonyl (C=O) groups is 1. The van der Waals surface area contributed by atoms with Gasteiger partial charge < -0.3 is 23.4 Å². The molecule has 2 heterocycles. The number of nitrogens with zero attached hydrogens (tertiary/aromatic N) is 1. The Morgan fingerprint density at radius 3 is 2.30 bits per heavy atom. The van der Waals surface area contributed by atoms with Gasteiger partial charge >= 0.3 is 11.6 Å². The molecule has 6 rings (SSSR count). The summed E-state index contributed by atoms with van der Waals surface area (Å²) in [5.41, 5.74) is 7.42. The first-order valence-electron chi connectivity index (χ1n) is 17.0. The van der Waals surface area contributed by atoms with Gasteiger partial charge in [0.25, 0.3) is 0 Å². The fraction of sp³-hybridized carbons (Fsp3) is 0.357. The van der Waals surface area contributed by atoms with Crippen molar-refractivity contribution in [2.24, 2.45) is 11.3 Å². The van der Waals surface area contributed by atoms with Crippen molar-refractivity contribution >= 4 is 39.5 Å². The molecular formula is C42H45NO7. The van der Waals surface area contributed by atoms with Gasteiger partial charge in [-0.2, -0.15) is 0 Å². The van der Waals surface area contributed by atoms with E-state index < -0.39 is 11.6 Å².